The molecule has 12 heteroatoms. The maximum atomic E-state index is 13.4. The lowest BCUT2D eigenvalue weighted by Gasteiger charge is -2.21. The molecule has 1 aromatic carbocycles. The summed E-state index contributed by atoms with van der Waals surface area (Å²) in [6.45, 7) is 1.90. The second kappa shape index (κ2) is 8.33. The molecule has 1 aliphatic heterocycles. The molecule has 10 nitrogen and oxygen atoms in total. The first kappa shape index (κ1) is 19.7. The van der Waals surface area contributed by atoms with Crippen LogP contribution in [0.5, 0.6) is 0 Å². The second-order valence-corrected chi connectivity index (χ2v) is 6.88. The van der Waals surface area contributed by atoms with Crippen LogP contribution in [0.4, 0.5) is 15.9 Å². The van der Waals surface area contributed by atoms with Crippen LogP contribution in [0.2, 0.25) is 0 Å². The van der Waals surface area contributed by atoms with Crippen LogP contribution in [0.25, 0.3) is 0 Å². The summed E-state index contributed by atoms with van der Waals surface area (Å²) in [5.74, 6) is -1.37. The minimum atomic E-state index is -0.627. The highest BCUT2D eigenvalue weighted by Gasteiger charge is 2.33. The molecule has 1 fully saturated rings. The number of oxime groups is 1. The van der Waals surface area contributed by atoms with Gasteiger partial charge in [0.2, 0.25) is 23.5 Å². The SMILES string of the molecule is CC(=O)N1CCCC1C(=O)Nc1nonc1/C(=N\O)Nc1ccc(F)c(Br)c1. The van der Waals surface area contributed by atoms with Crippen LogP contribution in [0, 0.1) is 5.82 Å². The molecule has 148 valence electrons. The van der Waals surface area contributed by atoms with E-state index in [1.807, 2.05) is 0 Å². The molecular weight excluding hydrogens is 439 g/mol. The van der Waals surface area contributed by atoms with Gasteiger partial charge in [0.15, 0.2) is 5.69 Å². The molecular formula is C16H16BrFN6O4. The van der Waals surface area contributed by atoms with Crippen LogP contribution in [0.1, 0.15) is 25.5 Å². The monoisotopic (exact) mass is 454 g/mol. The number of aromatic nitrogens is 2. The molecule has 1 atom stereocenters. The molecule has 2 aromatic rings. The number of halogens is 2. The van der Waals surface area contributed by atoms with E-state index < -0.39 is 17.8 Å². The number of likely N-dealkylation sites (tertiary alicyclic amines) is 1. The van der Waals surface area contributed by atoms with Crippen molar-refractivity contribution in [3.8, 4) is 0 Å². The van der Waals surface area contributed by atoms with Gasteiger partial charge in [-0.1, -0.05) is 5.16 Å². The van der Waals surface area contributed by atoms with Crippen molar-refractivity contribution in [1.29, 1.82) is 0 Å². The number of carbonyl (C=O) groups is 2. The Kier molecular flexibility index (Phi) is 5.87. The summed E-state index contributed by atoms with van der Waals surface area (Å²) in [6.07, 6.45) is 1.24. The largest absolute Gasteiger partial charge is 0.409 e. The summed E-state index contributed by atoms with van der Waals surface area (Å²) in [4.78, 5) is 25.7. The first-order chi connectivity index (χ1) is 13.4. The van der Waals surface area contributed by atoms with E-state index in [0.717, 1.165) is 0 Å². The van der Waals surface area contributed by atoms with Gasteiger partial charge in [0.05, 0.1) is 4.47 Å². The van der Waals surface area contributed by atoms with E-state index in [-0.39, 0.29) is 27.7 Å². The number of anilines is 2. The highest BCUT2D eigenvalue weighted by molar-refractivity contribution is 9.10. The molecule has 28 heavy (non-hydrogen) atoms. The normalized spacial score (nSPS) is 16.9. The first-order valence-electron chi connectivity index (χ1n) is 8.26. The summed E-state index contributed by atoms with van der Waals surface area (Å²) in [5, 5.41) is 25.0. The van der Waals surface area contributed by atoms with Gasteiger partial charge in [-0.15, -0.1) is 0 Å². The summed E-state index contributed by atoms with van der Waals surface area (Å²) >= 11 is 3.06. The van der Waals surface area contributed by atoms with Crippen molar-refractivity contribution in [2.75, 3.05) is 17.2 Å². The molecule has 0 radical (unpaired) electrons. The molecule has 0 bridgehead atoms. The van der Waals surface area contributed by atoms with E-state index >= 15 is 0 Å². The van der Waals surface area contributed by atoms with Gasteiger partial charge < -0.3 is 20.7 Å². The van der Waals surface area contributed by atoms with Gasteiger partial charge in [0, 0.05) is 19.2 Å². The number of amidine groups is 1. The van der Waals surface area contributed by atoms with Crippen molar-refractivity contribution in [2.24, 2.45) is 5.16 Å². The molecule has 2 amide bonds. The summed E-state index contributed by atoms with van der Waals surface area (Å²) in [7, 11) is 0. The zero-order valence-corrected chi connectivity index (χ0v) is 16.2. The number of benzene rings is 1. The average Bonchev–Trinajstić information content (AvgIpc) is 3.32. The highest BCUT2D eigenvalue weighted by Crippen LogP contribution is 2.23. The lowest BCUT2D eigenvalue weighted by Crippen LogP contribution is -2.42. The van der Waals surface area contributed by atoms with Gasteiger partial charge in [-0.3, -0.25) is 9.59 Å². The Morgan fingerprint density at radius 1 is 1.39 bits per heavy atom. The molecule has 2 heterocycles. The number of carbonyl (C=O) groups excluding carboxylic acids is 2. The van der Waals surface area contributed by atoms with Crippen LogP contribution in [-0.2, 0) is 9.59 Å². The fraction of sp³-hybridized carbons (Fsp3) is 0.312. The average molecular weight is 455 g/mol. The van der Waals surface area contributed by atoms with E-state index in [1.54, 1.807) is 0 Å². The number of amides is 2. The standard InChI is InChI=1S/C16H16BrFN6O4/c1-8(25)24-6-2-3-12(24)16(26)20-15-13(22-28-23-15)14(21-27)19-9-4-5-11(18)10(17)7-9/h4-5,7,12,27H,2-3,6H2,1H3,(H,19,21)(H,20,23,26). The van der Waals surface area contributed by atoms with Crippen molar-refractivity contribution < 1.29 is 23.8 Å². The van der Waals surface area contributed by atoms with Crippen LogP contribution in [-0.4, -0.2) is 50.7 Å². The molecule has 1 unspecified atom stereocenters. The lowest BCUT2D eigenvalue weighted by molar-refractivity contribution is -0.134. The molecule has 0 aliphatic carbocycles. The third-order valence-corrected chi connectivity index (χ3v) is 4.80. The number of nitrogens with zero attached hydrogens (tertiary/aromatic N) is 4. The van der Waals surface area contributed by atoms with Gasteiger partial charge >= 0.3 is 0 Å². The Morgan fingerprint density at radius 2 is 2.18 bits per heavy atom. The van der Waals surface area contributed by atoms with Crippen molar-refractivity contribution >= 4 is 45.1 Å². The zero-order valence-electron chi connectivity index (χ0n) is 14.6. The van der Waals surface area contributed by atoms with Crippen molar-refractivity contribution in [3.05, 3.63) is 34.2 Å². The third kappa shape index (κ3) is 4.11. The predicted molar refractivity (Wildman–Crippen MR) is 99.4 cm³/mol. The van der Waals surface area contributed by atoms with Crippen LogP contribution >= 0.6 is 15.9 Å². The lowest BCUT2D eigenvalue weighted by atomic mass is 10.2. The molecule has 1 aromatic heterocycles. The van der Waals surface area contributed by atoms with E-state index in [4.69, 9.17) is 0 Å². The topological polar surface area (TPSA) is 133 Å². The van der Waals surface area contributed by atoms with Gasteiger partial charge in [-0.25, -0.2) is 9.02 Å². The number of hydrogen-bond acceptors (Lipinski definition) is 7. The molecule has 3 N–H and O–H groups in total. The molecule has 0 spiro atoms. The van der Waals surface area contributed by atoms with Gasteiger partial charge in [-0.05, 0) is 57.3 Å². The van der Waals surface area contributed by atoms with Crippen molar-refractivity contribution in [2.45, 2.75) is 25.8 Å². The Labute approximate surface area is 166 Å². The Morgan fingerprint density at radius 3 is 2.86 bits per heavy atom. The smallest absolute Gasteiger partial charge is 0.248 e. The summed E-state index contributed by atoms with van der Waals surface area (Å²) in [5.41, 5.74) is 0.323. The summed E-state index contributed by atoms with van der Waals surface area (Å²) < 4.78 is 18.2. The highest BCUT2D eigenvalue weighted by atomic mass is 79.9. The Balaban J connectivity index is 1.77. The maximum Gasteiger partial charge on any atom is 0.248 e. The van der Waals surface area contributed by atoms with Crippen LogP contribution in [0.15, 0.2) is 32.5 Å². The fourth-order valence-corrected chi connectivity index (χ4v) is 3.26. The van der Waals surface area contributed by atoms with Gasteiger partial charge in [0.25, 0.3) is 0 Å². The molecule has 3 rings (SSSR count). The van der Waals surface area contributed by atoms with Crippen LogP contribution in [0.3, 0.4) is 0 Å². The van der Waals surface area contributed by atoms with Crippen molar-refractivity contribution in [1.82, 2.24) is 15.2 Å². The first-order valence-corrected chi connectivity index (χ1v) is 9.05. The quantitative estimate of drug-likeness (QED) is 0.279. The number of rotatable bonds is 4. The second-order valence-electron chi connectivity index (χ2n) is 6.02. The molecule has 0 saturated carbocycles. The molecule has 1 aliphatic rings. The number of nitrogens with one attached hydrogen (secondary N) is 2. The van der Waals surface area contributed by atoms with Gasteiger partial charge in [0.1, 0.15) is 11.9 Å². The minimum absolute atomic E-state index is 0.0660. The number of hydrogen-bond donors (Lipinski definition) is 3. The fourth-order valence-electron chi connectivity index (χ4n) is 2.88. The minimum Gasteiger partial charge on any atom is -0.409 e. The zero-order chi connectivity index (χ0) is 20.3. The van der Waals surface area contributed by atoms with Crippen LogP contribution < -0.4 is 10.6 Å². The van der Waals surface area contributed by atoms with Crippen molar-refractivity contribution in [3.63, 3.8) is 0 Å². The third-order valence-electron chi connectivity index (χ3n) is 4.20. The predicted octanol–water partition coefficient (Wildman–Crippen LogP) is 2.17. The summed E-state index contributed by atoms with van der Waals surface area (Å²) in [6, 6.07) is 3.43. The Hall–Kier alpha value is -3.02. The Bertz CT molecular complexity index is 934. The van der Waals surface area contributed by atoms with Gasteiger partial charge in [-0.2, -0.15) is 0 Å². The van der Waals surface area contributed by atoms with E-state index in [1.165, 1.54) is 30.0 Å². The molecule has 1 saturated heterocycles. The van der Waals surface area contributed by atoms with E-state index in [9.17, 15) is 19.2 Å². The van der Waals surface area contributed by atoms with E-state index in [2.05, 4.69) is 46.7 Å². The van der Waals surface area contributed by atoms with E-state index in [0.29, 0.717) is 25.1 Å². The maximum absolute atomic E-state index is 13.4.